The molecule has 0 saturated carbocycles. The molecule has 7 heteroatoms. The second-order valence-corrected chi connectivity index (χ2v) is 6.15. The number of nitrogens with zero attached hydrogens (tertiary/aromatic N) is 1. The number of carboxylic acids is 1. The maximum Gasteiger partial charge on any atom is 0.303 e. The van der Waals surface area contributed by atoms with Crippen molar-refractivity contribution in [3.05, 3.63) is 54.6 Å². The highest BCUT2D eigenvalue weighted by Crippen LogP contribution is 2.23. The Kier molecular flexibility index (Phi) is 8.92. The van der Waals surface area contributed by atoms with Crippen LogP contribution in [0.15, 0.2) is 49.1 Å². The minimum absolute atomic E-state index is 0.0179. The fourth-order valence-electron chi connectivity index (χ4n) is 2.58. The van der Waals surface area contributed by atoms with Gasteiger partial charge in [-0.3, -0.25) is 18.8 Å². The zero-order valence-electron chi connectivity index (χ0n) is 15.2. The molecule has 0 aliphatic carbocycles. The monoisotopic (exact) mass is 376 g/mol. The first-order chi connectivity index (χ1) is 12.8. The van der Waals surface area contributed by atoms with Crippen LogP contribution in [-0.2, 0) is 9.59 Å². The minimum atomic E-state index is -0.892. The van der Waals surface area contributed by atoms with Gasteiger partial charge in [-0.05, 0) is 37.0 Å². The molecule has 0 heterocycles. The molecule has 1 aromatic carbocycles. The highest BCUT2D eigenvalue weighted by Gasteiger charge is 2.22. The van der Waals surface area contributed by atoms with E-state index >= 15 is 0 Å². The van der Waals surface area contributed by atoms with E-state index in [2.05, 4.69) is 13.2 Å². The van der Waals surface area contributed by atoms with Crippen LogP contribution in [0, 0.1) is 5.92 Å². The Morgan fingerprint density at radius 3 is 2.56 bits per heavy atom. The molecule has 6 nitrogen and oxygen atoms in total. The molecule has 1 atom stereocenters. The number of primary amides is 1. The number of hydrogen-bond donors (Lipinski definition) is 2. The van der Waals surface area contributed by atoms with Gasteiger partial charge in [0, 0.05) is 36.2 Å². The maximum atomic E-state index is 12.8. The fourth-order valence-corrected chi connectivity index (χ4v) is 2.58. The molecule has 2 amide bonds. The molecule has 0 spiro atoms. The first-order valence-corrected chi connectivity index (χ1v) is 8.60. The fraction of sp³-hybridized carbons (Fsp3) is 0.350. The number of rotatable bonds is 12. The molecule has 0 aromatic heterocycles. The average molecular weight is 376 g/mol. The van der Waals surface area contributed by atoms with Crippen molar-refractivity contribution in [3.63, 3.8) is 0 Å². The Morgan fingerprint density at radius 1 is 1.30 bits per heavy atom. The van der Waals surface area contributed by atoms with Gasteiger partial charge in [0.25, 0.3) is 5.91 Å². The summed E-state index contributed by atoms with van der Waals surface area (Å²) in [6.45, 7) is 6.89. The lowest BCUT2D eigenvalue weighted by molar-refractivity contribution is -0.137. The minimum Gasteiger partial charge on any atom is -0.481 e. The van der Waals surface area contributed by atoms with Gasteiger partial charge < -0.3 is 15.7 Å². The number of carbonyl (C=O) groups excluding carboxylic acids is 2. The Hall–Kier alpha value is -2.96. The molecule has 0 fully saturated rings. The van der Waals surface area contributed by atoms with Crippen LogP contribution in [0.2, 0.25) is 0 Å². The van der Waals surface area contributed by atoms with E-state index in [1.807, 2.05) is 0 Å². The van der Waals surface area contributed by atoms with Crippen LogP contribution in [0.5, 0.6) is 0 Å². The number of aliphatic carboxylic acids is 1. The molecule has 1 aromatic rings. The van der Waals surface area contributed by atoms with Gasteiger partial charge in [0.05, 0.1) is 6.67 Å². The van der Waals surface area contributed by atoms with E-state index < -0.39 is 24.5 Å². The summed E-state index contributed by atoms with van der Waals surface area (Å²) in [7, 11) is 0. The lowest BCUT2D eigenvalue weighted by atomic mass is 10.00. The summed E-state index contributed by atoms with van der Waals surface area (Å²) in [5.41, 5.74) is 6.08. The third-order valence-electron chi connectivity index (χ3n) is 4.10. The number of alkyl halides is 1. The van der Waals surface area contributed by atoms with Gasteiger partial charge in [0.2, 0.25) is 5.91 Å². The predicted molar refractivity (Wildman–Crippen MR) is 102 cm³/mol. The van der Waals surface area contributed by atoms with E-state index in [-0.39, 0.29) is 36.4 Å². The quantitative estimate of drug-likeness (QED) is 0.432. The lowest BCUT2D eigenvalue weighted by Crippen LogP contribution is -2.36. The molecule has 0 aliphatic rings. The predicted octanol–water partition coefficient (Wildman–Crippen LogP) is 3.09. The summed E-state index contributed by atoms with van der Waals surface area (Å²) < 4.78 is 12.6. The normalized spacial score (nSPS) is 11.4. The molecule has 27 heavy (non-hydrogen) atoms. The van der Waals surface area contributed by atoms with E-state index in [4.69, 9.17) is 10.8 Å². The number of amides is 2. The highest BCUT2D eigenvalue weighted by atomic mass is 19.1. The molecule has 1 rings (SSSR count). The lowest BCUT2D eigenvalue weighted by Gasteiger charge is -2.27. The van der Waals surface area contributed by atoms with Crippen LogP contribution in [-0.4, -0.2) is 36.1 Å². The van der Waals surface area contributed by atoms with Gasteiger partial charge in [-0.2, -0.15) is 0 Å². The molecule has 146 valence electrons. The van der Waals surface area contributed by atoms with Crippen LogP contribution in [0.3, 0.4) is 0 Å². The van der Waals surface area contributed by atoms with E-state index in [0.717, 1.165) is 0 Å². The molecular formula is C20H25FN2O4. The largest absolute Gasteiger partial charge is 0.481 e. The Balaban J connectivity index is 3.10. The van der Waals surface area contributed by atoms with Gasteiger partial charge in [-0.1, -0.05) is 18.7 Å². The Bertz CT molecular complexity index is 718. The van der Waals surface area contributed by atoms with Crippen molar-refractivity contribution < 1.29 is 23.9 Å². The topological polar surface area (TPSA) is 101 Å². The summed E-state index contributed by atoms with van der Waals surface area (Å²) in [5.74, 6) is -2.16. The second-order valence-electron chi connectivity index (χ2n) is 6.15. The van der Waals surface area contributed by atoms with E-state index in [0.29, 0.717) is 18.5 Å². The molecule has 0 aliphatic heterocycles. The van der Waals surface area contributed by atoms with Crippen LogP contribution in [0.1, 0.15) is 36.0 Å². The maximum absolute atomic E-state index is 12.8. The first kappa shape index (κ1) is 22.1. The molecule has 0 saturated heterocycles. The summed E-state index contributed by atoms with van der Waals surface area (Å²) >= 11 is 0. The van der Waals surface area contributed by atoms with Crippen LogP contribution < -0.4 is 10.6 Å². The number of nitrogens with two attached hydrogens (primary N) is 1. The number of carboxylic acid groups (broad SMARTS) is 1. The molecular weight excluding hydrogens is 351 g/mol. The van der Waals surface area contributed by atoms with E-state index in [1.54, 1.807) is 18.2 Å². The average Bonchev–Trinajstić information content (AvgIpc) is 2.64. The van der Waals surface area contributed by atoms with Gasteiger partial charge >= 0.3 is 5.97 Å². The number of halogens is 1. The summed E-state index contributed by atoms with van der Waals surface area (Å²) in [6, 6.07) is 6.26. The van der Waals surface area contributed by atoms with Crippen LogP contribution in [0.25, 0.3) is 0 Å². The molecule has 0 radical (unpaired) electrons. The van der Waals surface area contributed by atoms with Crippen LogP contribution >= 0.6 is 0 Å². The number of carbonyl (C=O) groups is 3. The van der Waals surface area contributed by atoms with Crippen molar-refractivity contribution in [1.29, 1.82) is 0 Å². The van der Waals surface area contributed by atoms with E-state index in [1.165, 1.54) is 17.0 Å². The molecule has 1 unspecified atom stereocenters. The molecule has 0 bridgehead atoms. The second kappa shape index (κ2) is 10.9. The van der Waals surface area contributed by atoms with Gasteiger partial charge in [0.15, 0.2) is 0 Å². The van der Waals surface area contributed by atoms with Gasteiger partial charge in [0.1, 0.15) is 0 Å². The Morgan fingerprint density at radius 2 is 2.00 bits per heavy atom. The zero-order chi connectivity index (χ0) is 20.4. The first-order valence-electron chi connectivity index (χ1n) is 8.60. The van der Waals surface area contributed by atoms with Gasteiger partial charge in [-0.15, -0.1) is 6.58 Å². The summed E-state index contributed by atoms with van der Waals surface area (Å²) in [4.78, 5) is 36.3. The van der Waals surface area contributed by atoms with Crippen molar-refractivity contribution in [2.24, 2.45) is 11.7 Å². The molecule has 3 N–H and O–H groups in total. The van der Waals surface area contributed by atoms with Crippen molar-refractivity contribution in [1.82, 2.24) is 0 Å². The highest BCUT2D eigenvalue weighted by molar-refractivity contribution is 6.06. The number of anilines is 1. The Labute approximate surface area is 158 Å². The zero-order valence-corrected chi connectivity index (χ0v) is 15.2. The smallest absolute Gasteiger partial charge is 0.303 e. The van der Waals surface area contributed by atoms with Gasteiger partial charge in [-0.25, -0.2) is 0 Å². The number of benzene rings is 1. The van der Waals surface area contributed by atoms with Crippen molar-refractivity contribution in [2.45, 2.75) is 25.7 Å². The third kappa shape index (κ3) is 7.05. The standard InChI is InChI=1S/C20H25FN2O4/c1-3-15(6-4-9-18(24)25)13-23(20(27)14(2)10-11-21)17-8-5-7-16(12-17)19(22)26/h3,5,7-8,12,15H,1-2,4,6,9-11,13H2,(H2,22,26)(H,24,25). The van der Waals surface area contributed by atoms with Crippen molar-refractivity contribution >= 4 is 23.5 Å². The van der Waals surface area contributed by atoms with Crippen molar-refractivity contribution in [3.8, 4) is 0 Å². The van der Waals surface area contributed by atoms with E-state index in [9.17, 15) is 18.8 Å². The third-order valence-corrected chi connectivity index (χ3v) is 4.10. The number of hydrogen-bond acceptors (Lipinski definition) is 3. The summed E-state index contributed by atoms with van der Waals surface area (Å²) in [6.07, 6.45) is 2.52. The van der Waals surface area contributed by atoms with Crippen molar-refractivity contribution in [2.75, 3.05) is 18.1 Å². The summed E-state index contributed by atoms with van der Waals surface area (Å²) in [5, 5.41) is 8.78. The van der Waals surface area contributed by atoms with Crippen LogP contribution in [0.4, 0.5) is 10.1 Å². The SMILES string of the molecule is C=CC(CCCC(=O)O)CN(C(=O)C(=C)CCF)c1cccc(C(N)=O)c1.